The molecule has 0 heterocycles. The van der Waals surface area contributed by atoms with Crippen molar-refractivity contribution >= 4 is 9.84 Å². The highest BCUT2D eigenvalue weighted by Crippen LogP contribution is 2.30. The van der Waals surface area contributed by atoms with Crippen LogP contribution in [0.15, 0.2) is 18.2 Å². The number of hydrogen-bond acceptors (Lipinski definition) is 5. The number of methoxy groups -OCH3 is 1. The predicted octanol–water partition coefficient (Wildman–Crippen LogP) is 2.18. The van der Waals surface area contributed by atoms with Gasteiger partial charge in [0.15, 0.2) is 11.5 Å². The van der Waals surface area contributed by atoms with Gasteiger partial charge in [-0.2, -0.15) is 0 Å². The minimum absolute atomic E-state index is 0.153. The van der Waals surface area contributed by atoms with Crippen molar-refractivity contribution in [2.75, 3.05) is 32.3 Å². The molecule has 1 atom stereocenters. The molecular weight excluding hydrogens is 290 g/mol. The third kappa shape index (κ3) is 5.55. The first-order valence-electron chi connectivity index (χ1n) is 7.12. The molecule has 0 aliphatic rings. The van der Waals surface area contributed by atoms with Crippen LogP contribution in [0, 0.1) is 0 Å². The zero-order valence-electron chi connectivity index (χ0n) is 13.2. The van der Waals surface area contributed by atoms with Crippen LogP contribution in [0.1, 0.15) is 31.9 Å². The summed E-state index contributed by atoms with van der Waals surface area (Å²) < 4.78 is 33.8. The number of benzene rings is 1. The minimum Gasteiger partial charge on any atom is -0.493 e. The van der Waals surface area contributed by atoms with E-state index in [4.69, 9.17) is 9.47 Å². The van der Waals surface area contributed by atoms with Crippen molar-refractivity contribution in [3.63, 3.8) is 0 Å². The Kier molecular flexibility index (Phi) is 6.98. The Morgan fingerprint density at radius 2 is 2.00 bits per heavy atom. The average Bonchev–Trinajstić information content (AvgIpc) is 2.50. The molecule has 0 saturated carbocycles. The number of ether oxygens (including phenoxy) is 2. The van der Waals surface area contributed by atoms with Crippen LogP contribution >= 0.6 is 0 Å². The molecule has 1 aromatic rings. The van der Waals surface area contributed by atoms with Crippen molar-refractivity contribution in [1.29, 1.82) is 0 Å². The topological polar surface area (TPSA) is 64.6 Å². The van der Waals surface area contributed by atoms with Gasteiger partial charge in [0, 0.05) is 11.8 Å². The molecule has 0 radical (unpaired) electrons. The van der Waals surface area contributed by atoms with E-state index in [0.717, 1.165) is 5.56 Å². The highest BCUT2D eigenvalue weighted by Gasteiger charge is 2.11. The zero-order chi connectivity index (χ0) is 15.9. The molecule has 1 aromatic carbocycles. The van der Waals surface area contributed by atoms with Crippen LogP contribution < -0.4 is 14.8 Å². The quantitative estimate of drug-likeness (QED) is 0.708. The van der Waals surface area contributed by atoms with Crippen molar-refractivity contribution in [2.45, 2.75) is 26.3 Å². The van der Waals surface area contributed by atoms with Gasteiger partial charge in [0.05, 0.1) is 19.5 Å². The monoisotopic (exact) mass is 315 g/mol. The van der Waals surface area contributed by atoms with E-state index >= 15 is 0 Å². The van der Waals surface area contributed by atoms with Gasteiger partial charge in [-0.25, -0.2) is 8.42 Å². The first kappa shape index (κ1) is 17.8. The maximum atomic E-state index is 11.4. The Morgan fingerprint density at radius 1 is 1.29 bits per heavy atom. The number of hydrogen-bond donors (Lipinski definition) is 1. The molecule has 120 valence electrons. The second kappa shape index (κ2) is 8.24. The standard InChI is InChI=1S/C15H25NO4S/c1-5-21(17,18)10-6-9-20-14-8-7-13(12(2)16-3)11-15(14)19-4/h7-8,11-12,16H,5-6,9-10H2,1-4H3. The lowest BCUT2D eigenvalue weighted by atomic mass is 10.1. The fourth-order valence-corrected chi connectivity index (χ4v) is 2.69. The smallest absolute Gasteiger partial charge is 0.161 e. The van der Waals surface area contributed by atoms with Gasteiger partial charge in [0.2, 0.25) is 0 Å². The van der Waals surface area contributed by atoms with Crippen LogP contribution in [0.2, 0.25) is 0 Å². The number of sulfone groups is 1. The molecule has 0 aliphatic carbocycles. The Labute approximate surface area is 127 Å². The summed E-state index contributed by atoms with van der Waals surface area (Å²) >= 11 is 0. The first-order valence-corrected chi connectivity index (χ1v) is 8.94. The molecule has 1 rings (SSSR count). The lowest BCUT2D eigenvalue weighted by Gasteiger charge is -2.15. The molecule has 0 spiro atoms. The van der Waals surface area contributed by atoms with Crippen LogP contribution in [0.3, 0.4) is 0 Å². The largest absolute Gasteiger partial charge is 0.493 e. The molecule has 0 bridgehead atoms. The highest BCUT2D eigenvalue weighted by atomic mass is 32.2. The van der Waals surface area contributed by atoms with E-state index in [1.54, 1.807) is 14.0 Å². The van der Waals surface area contributed by atoms with Crippen molar-refractivity contribution in [3.8, 4) is 11.5 Å². The van der Waals surface area contributed by atoms with Crippen LogP contribution in [-0.2, 0) is 9.84 Å². The van der Waals surface area contributed by atoms with E-state index in [0.29, 0.717) is 24.5 Å². The fraction of sp³-hybridized carbons (Fsp3) is 0.600. The third-order valence-corrected chi connectivity index (χ3v) is 5.21. The lowest BCUT2D eigenvalue weighted by molar-refractivity contribution is 0.294. The second-order valence-electron chi connectivity index (χ2n) is 4.86. The van der Waals surface area contributed by atoms with Crippen LogP contribution in [0.25, 0.3) is 0 Å². The van der Waals surface area contributed by atoms with Gasteiger partial charge in [0.1, 0.15) is 9.84 Å². The van der Waals surface area contributed by atoms with E-state index in [1.165, 1.54) is 0 Å². The molecule has 0 saturated heterocycles. The maximum absolute atomic E-state index is 11.4. The van der Waals surface area contributed by atoms with E-state index in [1.807, 2.05) is 25.2 Å². The predicted molar refractivity (Wildman–Crippen MR) is 84.9 cm³/mol. The second-order valence-corrected chi connectivity index (χ2v) is 7.33. The summed E-state index contributed by atoms with van der Waals surface area (Å²) in [5, 5.41) is 3.16. The van der Waals surface area contributed by atoms with Crippen LogP contribution in [0.4, 0.5) is 0 Å². The molecule has 0 fully saturated rings. The van der Waals surface area contributed by atoms with E-state index in [2.05, 4.69) is 12.2 Å². The van der Waals surface area contributed by atoms with Gasteiger partial charge < -0.3 is 14.8 Å². The fourth-order valence-electron chi connectivity index (χ4n) is 1.84. The van der Waals surface area contributed by atoms with Crippen LogP contribution in [-0.4, -0.2) is 40.7 Å². The molecular formula is C15H25NO4S. The van der Waals surface area contributed by atoms with E-state index in [-0.39, 0.29) is 17.5 Å². The Balaban J connectivity index is 2.63. The minimum atomic E-state index is -2.93. The average molecular weight is 315 g/mol. The summed E-state index contributed by atoms with van der Waals surface area (Å²) in [6.07, 6.45) is 0.480. The summed E-state index contributed by atoms with van der Waals surface area (Å²) in [6, 6.07) is 5.99. The summed E-state index contributed by atoms with van der Waals surface area (Å²) in [4.78, 5) is 0. The van der Waals surface area contributed by atoms with Crippen LogP contribution in [0.5, 0.6) is 11.5 Å². The van der Waals surface area contributed by atoms with Gasteiger partial charge in [-0.3, -0.25) is 0 Å². The SMILES string of the molecule is CCS(=O)(=O)CCCOc1ccc(C(C)NC)cc1OC. The molecule has 1 unspecified atom stereocenters. The lowest BCUT2D eigenvalue weighted by Crippen LogP contribution is -2.13. The van der Waals surface area contributed by atoms with Crippen molar-refractivity contribution in [1.82, 2.24) is 5.32 Å². The summed E-state index contributed by atoms with van der Waals surface area (Å²) in [7, 11) is 0.563. The molecule has 0 amide bonds. The maximum Gasteiger partial charge on any atom is 0.161 e. The molecule has 0 aliphatic heterocycles. The summed E-state index contributed by atoms with van der Waals surface area (Å²) in [6.45, 7) is 4.07. The van der Waals surface area contributed by atoms with Gasteiger partial charge in [0.25, 0.3) is 0 Å². The first-order chi connectivity index (χ1) is 9.93. The van der Waals surface area contributed by atoms with Gasteiger partial charge in [-0.1, -0.05) is 13.0 Å². The van der Waals surface area contributed by atoms with Gasteiger partial charge in [-0.05, 0) is 38.1 Å². The molecule has 6 heteroatoms. The van der Waals surface area contributed by atoms with Crippen molar-refractivity contribution in [3.05, 3.63) is 23.8 Å². The third-order valence-electron chi connectivity index (χ3n) is 3.42. The van der Waals surface area contributed by atoms with Gasteiger partial charge in [-0.15, -0.1) is 0 Å². The van der Waals surface area contributed by atoms with E-state index in [9.17, 15) is 8.42 Å². The normalized spacial score (nSPS) is 13.0. The zero-order valence-corrected chi connectivity index (χ0v) is 14.0. The molecule has 21 heavy (non-hydrogen) atoms. The van der Waals surface area contributed by atoms with E-state index < -0.39 is 9.84 Å². The summed E-state index contributed by atoms with van der Waals surface area (Å²) in [5.41, 5.74) is 1.11. The highest BCUT2D eigenvalue weighted by molar-refractivity contribution is 7.91. The van der Waals surface area contributed by atoms with Crippen molar-refractivity contribution < 1.29 is 17.9 Å². The Morgan fingerprint density at radius 3 is 2.57 bits per heavy atom. The molecule has 0 aromatic heterocycles. The summed E-state index contributed by atoms with van der Waals surface area (Å²) in [5.74, 6) is 1.62. The molecule has 5 nitrogen and oxygen atoms in total. The Bertz CT molecular complexity index is 543. The molecule has 1 N–H and O–H groups in total. The van der Waals surface area contributed by atoms with Gasteiger partial charge >= 0.3 is 0 Å². The van der Waals surface area contributed by atoms with Crippen molar-refractivity contribution in [2.24, 2.45) is 0 Å². The number of nitrogens with one attached hydrogen (secondary N) is 1. The number of rotatable bonds is 9. The Hall–Kier alpha value is -1.27.